The van der Waals surface area contributed by atoms with Gasteiger partial charge in [-0.25, -0.2) is 9.97 Å². The van der Waals surface area contributed by atoms with Gasteiger partial charge in [-0.1, -0.05) is 30.4 Å². The Kier molecular flexibility index (Phi) is 8.00. The monoisotopic (exact) mass is 472 g/mol. The molecule has 1 fully saturated rings. The maximum atomic E-state index is 6.16. The van der Waals surface area contributed by atoms with Gasteiger partial charge < -0.3 is 19.5 Å². The van der Waals surface area contributed by atoms with Crippen LogP contribution in [0.15, 0.2) is 66.9 Å². The summed E-state index contributed by atoms with van der Waals surface area (Å²) in [7, 11) is 0. The molecule has 7 heteroatoms. The fourth-order valence-corrected chi connectivity index (χ4v) is 4.35. The molecule has 0 saturated carbocycles. The van der Waals surface area contributed by atoms with Crippen LogP contribution in [0.2, 0.25) is 0 Å². The Labute approximate surface area is 206 Å². The summed E-state index contributed by atoms with van der Waals surface area (Å²) in [4.78, 5) is 11.6. The quantitative estimate of drug-likeness (QED) is 0.538. The van der Waals surface area contributed by atoms with Crippen LogP contribution >= 0.6 is 0 Å². The molecule has 1 saturated heterocycles. The Morgan fingerprint density at radius 2 is 1.80 bits per heavy atom. The lowest BCUT2D eigenvalue weighted by Gasteiger charge is -2.17. The summed E-state index contributed by atoms with van der Waals surface area (Å²) in [5.74, 6) is 1.39. The van der Waals surface area contributed by atoms with Crippen LogP contribution in [-0.4, -0.2) is 54.3 Å². The molecule has 2 aliphatic heterocycles. The largest absolute Gasteiger partial charge is 0.492 e. The maximum Gasteiger partial charge on any atom is 0.227 e. The second-order valence-electron chi connectivity index (χ2n) is 8.81. The molecule has 0 unspecified atom stereocenters. The third kappa shape index (κ3) is 6.66. The number of aromatic nitrogens is 2. The van der Waals surface area contributed by atoms with Crippen LogP contribution < -0.4 is 10.1 Å². The van der Waals surface area contributed by atoms with E-state index < -0.39 is 0 Å². The van der Waals surface area contributed by atoms with Gasteiger partial charge in [-0.3, -0.25) is 4.90 Å². The zero-order valence-electron chi connectivity index (χ0n) is 20.0. The van der Waals surface area contributed by atoms with Crippen LogP contribution in [0.5, 0.6) is 5.75 Å². The van der Waals surface area contributed by atoms with Gasteiger partial charge in [-0.2, -0.15) is 0 Å². The summed E-state index contributed by atoms with van der Waals surface area (Å²) in [6, 6.07) is 16.2. The maximum absolute atomic E-state index is 6.16. The third-order valence-electron chi connectivity index (χ3n) is 6.18. The summed E-state index contributed by atoms with van der Waals surface area (Å²) < 4.78 is 17.9. The predicted octanol–water partition coefficient (Wildman–Crippen LogP) is 4.96. The topological polar surface area (TPSA) is 68.7 Å². The van der Waals surface area contributed by atoms with Crippen molar-refractivity contribution in [2.45, 2.75) is 26.1 Å². The molecule has 1 N–H and O–H groups in total. The highest BCUT2D eigenvalue weighted by molar-refractivity contribution is 5.63. The van der Waals surface area contributed by atoms with E-state index in [1.165, 1.54) is 25.9 Å². The molecule has 0 amide bonds. The molecule has 35 heavy (non-hydrogen) atoms. The molecule has 5 rings (SSSR count). The standard InChI is InChI=1S/C28H32N4O3/c1-2-13-32(12-1)14-17-35-27-9-8-25-19-24(27)21-34-16-4-3-15-33-20-22-6-5-7-23(18-22)26-10-11-29-28(30-25)31-26/h3-11,18-19H,1-2,12-17,20-21H2,(H,29,30,31)/b4-3-. The number of nitrogens with one attached hydrogen (secondary N) is 1. The predicted molar refractivity (Wildman–Crippen MR) is 137 cm³/mol. The first-order chi connectivity index (χ1) is 17.3. The number of hydrogen-bond acceptors (Lipinski definition) is 7. The molecular weight excluding hydrogens is 440 g/mol. The van der Waals surface area contributed by atoms with Crippen molar-refractivity contribution in [3.05, 3.63) is 78.0 Å². The van der Waals surface area contributed by atoms with E-state index in [1.807, 2.05) is 36.4 Å². The lowest BCUT2D eigenvalue weighted by atomic mass is 10.1. The van der Waals surface area contributed by atoms with Gasteiger partial charge in [0.2, 0.25) is 5.95 Å². The van der Waals surface area contributed by atoms with Gasteiger partial charge in [-0.15, -0.1) is 0 Å². The molecule has 0 spiro atoms. The first-order valence-corrected chi connectivity index (χ1v) is 12.3. The van der Waals surface area contributed by atoms with E-state index in [1.54, 1.807) is 6.20 Å². The summed E-state index contributed by atoms with van der Waals surface area (Å²) >= 11 is 0. The van der Waals surface area contributed by atoms with Crippen molar-refractivity contribution in [1.29, 1.82) is 0 Å². The second-order valence-corrected chi connectivity index (χ2v) is 8.81. The van der Waals surface area contributed by atoms with Crippen molar-refractivity contribution >= 4 is 11.6 Å². The highest BCUT2D eigenvalue weighted by Crippen LogP contribution is 2.26. The van der Waals surface area contributed by atoms with Gasteiger partial charge in [0.15, 0.2) is 0 Å². The van der Waals surface area contributed by atoms with Gasteiger partial charge >= 0.3 is 0 Å². The molecule has 3 aromatic rings. The number of ether oxygens (including phenoxy) is 3. The van der Waals surface area contributed by atoms with Crippen molar-refractivity contribution < 1.29 is 14.2 Å². The van der Waals surface area contributed by atoms with Gasteiger partial charge in [0.1, 0.15) is 12.4 Å². The number of hydrogen-bond donors (Lipinski definition) is 1. The fourth-order valence-electron chi connectivity index (χ4n) is 4.35. The zero-order chi connectivity index (χ0) is 23.7. The first-order valence-electron chi connectivity index (χ1n) is 12.3. The van der Waals surface area contributed by atoms with Crippen LogP contribution in [0.1, 0.15) is 24.0 Å². The van der Waals surface area contributed by atoms with Crippen molar-refractivity contribution in [1.82, 2.24) is 14.9 Å². The Hall–Kier alpha value is -3.26. The number of benzene rings is 2. The highest BCUT2D eigenvalue weighted by Gasteiger charge is 2.13. The van der Waals surface area contributed by atoms with Crippen LogP contribution in [0.25, 0.3) is 11.3 Å². The van der Waals surface area contributed by atoms with Crippen LogP contribution in [0.3, 0.4) is 0 Å². The van der Waals surface area contributed by atoms with Crippen molar-refractivity contribution in [3.63, 3.8) is 0 Å². The van der Waals surface area contributed by atoms with Crippen LogP contribution in [0.4, 0.5) is 11.6 Å². The lowest BCUT2D eigenvalue weighted by Crippen LogP contribution is -2.25. The Morgan fingerprint density at radius 3 is 2.69 bits per heavy atom. The molecule has 0 aliphatic carbocycles. The number of nitrogens with zero attached hydrogens (tertiary/aromatic N) is 3. The van der Waals surface area contributed by atoms with E-state index in [0.29, 0.717) is 39.0 Å². The molecule has 1 aromatic heterocycles. The smallest absolute Gasteiger partial charge is 0.227 e. The van der Waals surface area contributed by atoms with E-state index in [0.717, 1.165) is 40.4 Å². The molecule has 7 nitrogen and oxygen atoms in total. The summed E-state index contributed by atoms with van der Waals surface area (Å²) in [6.45, 7) is 5.99. The molecule has 0 atom stereocenters. The first kappa shape index (κ1) is 23.5. The Bertz CT molecular complexity index is 1140. The average molecular weight is 473 g/mol. The zero-order valence-corrected chi connectivity index (χ0v) is 20.0. The van der Waals surface area contributed by atoms with E-state index >= 15 is 0 Å². The van der Waals surface area contributed by atoms with Crippen LogP contribution in [-0.2, 0) is 22.7 Å². The number of likely N-dealkylation sites (tertiary alicyclic amines) is 1. The Morgan fingerprint density at radius 1 is 0.943 bits per heavy atom. The second kappa shape index (κ2) is 11.9. The molecule has 2 aliphatic rings. The van der Waals surface area contributed by atoms with Gasteiger partial charge in [0.25, 0.3) is 0 Å². The third-order valence-corrected chi connectivity index (χ3v) is 6.18. The Balaban J connectivity index is 1.37. The molecule has 2 aromatic carbocycles. The van der Waals surface area contributed by atoms with Crippen molar-refractivity contribution in [2.75, 3.05) is 44.8 Å². The molecule has 6 bridgehead atoms. The van der Waals surface area contributed by atoms with Gasteiger partial charge in [0.05, 0.1) is 32.1 Å². The lowest BCUT2D eigenvalue weighted by molar-refractivity contribution is 0.138. The van der Waals surface area contributed by atoms with E-state index in [2.05, 4.69) is 39.5 Å². The van der Waals surface area contributed by atoms with Crippen molar-refractivity contribution in [3.8, 4) is 17.0 Å². The van der Waals surface area contributed by atoms with Crippen molar-refractivity contribution in [2.24, 2.45) is 0 Å². The minimum Gasteiger partial charge on any atom is -0.492 e. The molecular formula is C28H32N4O3. The van der Waals surface area contributed by atoms with Gasteiger partial charge in [0, 0.05) is 29.6 Å². The average Bonchev–Trinajstić information content (AvgIpc) is 3.40. The normalized spacial score (nSPS) is 17.7. The summed E-state index contributed by atoms with van der Waals surface area (Å²) in [6.07, 6.45) is 8.33. The summed E-state index contributed by atoms with van der Waals surface area (Å²) in [5, 5.41) is 3.34. The molecule has 182 valence electrons. The summed E-state index contributed by atoms with van der Waals surface area (Å²) in [5.41, 5.74) is 4.88. The van der Waals surface area contributed by atoms with E-state index in [4.69, 9.17) is 19.2 Å². The fraction of sp³-hybridized carbons (Fsp3) is 0.357. The SMILES string of the molecule is C1=C\COCc2cc(ccc2OCCN2CCCC2)Nc2nccc(n2)-c2cccc(c2)COC/1. The van der Waals surface area contributed by atoms with E-state index in [9.17, 15) is 0 Å². The van der Waals surface area contributed by atoms with Gasteiger partial charge in [-0.05, 0) is 61.8 Å². The number of rotatable bonds is 4. The molecule has 3 heterocycles. The number of fused-ring (bicyclic) bond motifs is 7. The number of anilines is 2. The van der Waals surface area contributed by atoms with Crippen LogP contribution in [0, 0.1) is 0 Å². The minimum absolute atomic E-state index is 0.450. The highest BCUT2D eigenvalue weighted by atomic mass is 16.5. The van der Waals surface area contributed by atoms with E-state index in [-0.39, 0.29) is 0 Å². The minimum atomic E-state index is 0.450. The molecule has 0 radical (unpaired) electrons.